The Hall–Kier alpha value is -1.63. The van der Waals surface area contributed by atoms with E-state index in [1.165, 1.54) is 48.3 Å². The molecule has 0 radical (unpaired) electrons. The van der Waals surface area contributed by atoms with Crippen LogP contribution in [0.4, 0.5) is 0 Å². The molecule has 0 unspecified atom stereocenters. The molecule has 0 atom stereocenters. The van der Waals surface area contributed by atoms with Crippen LogP contribution in [0.1, 0.15) is 19.3 Å². The van der Waals surface area contributed by atoms with Crippen LogP contribution in [0.25, 0.3) is 27.4 Å². The second kappa shape index (κ2) is 6.83. The molecule has 1 fully saturated rings. The number of imidazole rings is 2. The van der Waals surface area contributed by atoms with Gasteiger partial charge in [-0.15, -0.1) is 11.3 Å². The van der Waals surface area contributed by atoms with Crippen LogP contribution in [0.3, 0.4) is 0 Å². The lowest BCUT2D eigenvalue weighted by atomic mass is 10.1. The quantitative estimate of drug-likeness (QED) is 0.442. The monoisotopic (exact) mass is 428 g/mol. The lowest BCUT2D eigenvalue weighted by Gasteiger charge is -2.26. The molecule has 1 aliphatic rings. The number of piperidine rings is 1. The fourth-order valence-electron chi connectivity index (χ4n) is 3.96. The summed E-state index contributed by atoms with van der Waals surface area (Å²) in [4.78, 5) is 8.79. The molecule has 0 amide bonds. The zero-order valence-electron chi connectivity index (χ0n) is 14.6. The van der Waals surface area contributed by atoms with Crippen LogP contribution < -0.4 is 0 Å². The standard InChI is InChI=1S/C20H21BrN4S/c21-19-9-8-18(26-19)15-14-25-17-7-3-2-6-16(17)24(20(25)22-15)13-12-23-10-4-1-5-11-23/h2-3,6-9,14H,1,4-5,10-13H2. The summed E-state index contributed by atoms with van der Waals surface area (Å²) in [5, 5.41) is 0. The normalized spacial score (nSPS) is 16.0. The van der Waals surface area contributed by atoms with Crippen molar-refractivity contribution in [3.63, 3.8) is 0 Å². The van der Waals surface area contributed by atoms with Gasteiger partial charge >= 0.3 is 0 Å². The molecular formula is C20H21BrN4S. The molecule has 0 aliphatic carbocycles. The topological polar surface area (TPSA) is 25.5 Å². The Balaban J connectivity index is 1.56. The van der Waals surface area contributed by atoms with Gasteiger partial charge in [-0.3, -0.25) is 4.40 Å². The van der Waals surface area contributed by atoms with E-state index in [-0.39, 0.29) is 0 Å². The average molecular weight is 429 g/mol. The van der Waals surface area contributed by atoms with Crippen molar-refractivity contribution < 1.29 is 0 Å². The van der Waals surface area contributed by atoms with E-state index in [1.54, 1.807) is 11.3 Å². The molecule has 0 N–H and O–H groups in total. The fraction of sp³-hybridized carbons (Fsp3) is 0.350. The molecule has 4 aromatic rings. The summed E-state index contributed by atoms with van der Waals surface area (Å²) < 4.78 is 5.77. The third-order valence-electron chi connectivity index (χ3n) is 5.27. The number of aromatic nitrogens is 3. The molecule has 134 valence electrons. The van der Waals surface area contributed by atoms with E-state index in [0.29, 0.717) is 0 Å². The van der Waals surface area contributed by atoms with E-state index >= 15 is 0 Å². The van der Waals surface area contributed by atoms with E-state index in [1.807, 2.05) is 0 Å². The molecule has 26 heavy (non-hydrogen) atoms. The molecule has 1 saturated heterocycles. The Morgan fingerprint density at radius 1 is 0.962 bits per heavy atom. The van der Waals surface area contributed by atoms with E-state index in [9.17, 15) is 0 Å². The molecule has 0 saturated carbocycles. The molecule has 0 bridgehead atoms. The highest BCUT2D eigenvalue weighted by Gasteiger charge is 2.17. The van der Waals surface area contributed by atoms with Crippen LogP contribution in [-0.2, 0) is 6.54 Å². The summed E-state index contributed by atoms with van der Waals surface area (Å²) in [5.74, 6) is 1.04. The molecule has 1 aromatic carbocycles. The van der Waals surface area contributed by atoms with Crippen molar-refractivity contribution in [2.24, 2.45) is 0 Å². The average Bonchev–Trinajstić information content (AvgIpc) is 3.35. The summed E-state index contributed by atoms with van der Waals surface area (Å²) in [6.45, 7) is 4.56. The first-order valence-corrected chi connectivity index (χ1v) is 10.8. The van der Waals surface area contributed by atoms with Gasteiger partial charge in [-0.2, -0.15) is 0 Å². The molecule has 6 heteroatoms. The molecule has 0 spiro atoms. The van der Waals surface area contributed by atoms with E-state index in [0.717, 1.165) is 28.3 Å². The van der Waals surface area contributed by atoms with E-state index in [4.69, 9.17) is 4.98 Å². The van der Waals surface area contributed by atoms with Gasteiger partial charge in [-0.25, -0.2) is 4.98 Å². The van der Waals surface area contributed by atoms with Gasteiger partial charge in [0.1, 0.15) is 5.69 Å². The predicted octanol–water partition coefficient (Wildman–Crippen LogP) is 5.27. The molecule has 5 rings (SSSR count). The summed E-state index contributed by atoms with van der Waals surface area (Å²) >= 11 is 5.29. The summed E-state index contributed by atoms with van der Waals surface area (Å²) in [6, 6.07) is 12.9. The van der Waals surface area contributed by atoms with Gasteiger partial charge in [-0.05, 0) is 66.1 Å². The van der Waals surface area contributed by atoms with Gasteiger partial charge in [-0.1, -0.05) is 18.6 Å². The van der Waals surface area contributed by atoms with Gasteiger partial charge in [0.2, 0.25) is 5.78 Å². The van der Waals surface area contributed by atoms with Crippen LogP contribution in [0.2, 0.25) is 0 Å². The van der Waals surface area contributed by atoms with Crippen molar-refractivity contribution >= 4 is 44.1 Å². The zero-order valence-corrected chi connectivity index (χ0v) is 17.0. The Kier molecular flexibility index (Phi) is 4.35. The highest BCUT2D eigenvalue weighted by Crippen LogP contribution is 2.32. The van der Waals surface area contributed by atoms with Crippen molar-refractivity contribution in [2.45, 2.75) is 25.8 Å². The second-order valence-electron chi connectivity index (χ2n) is 6.94. The number of rotatable bonds is 4. The molecule has 3 aromatic heterocycles. The Labute approximate surface area is 165 Å². The first kappa shape index (κ1) is 16.5. The smallest absolute Gasteiger partial charge is 0.215 e. The highest BCUT2D eigenvalue weighted by molar-refractivity contribution is 9.11. The minimum Gasteiger partial charge on any atom is -0.308 e. The van der Waals surface area contributed by atoms with Gasteiger partial charge in [0.25, 0.3) is 0 Å². The summed E-state index contributed by atoms with van der Waals surface area (Å²) in [6.07, 6.45) is 6.23. The van der Waals surface area contributed by atoms with Gasteiger partial charge in [0, 0.05) is 19.3 Å². The predicted molar refractivity (Wildman–Crippen MR) is 112 cm³/mol. The maximum atomic E-state index is 4.99. The number of para-hydroxylation sites is 2. The van der Waals surface area contributed by atoms with Crippen molar-refractivity contribution in [1.29, 1.82) is 0 Å². The fourth-order valence-corrected chi connectivity index (χ4v) is 5.30. The largest absolute Gasteiger partial charge is 0.308 e. The summed E-state index contributed by atoms with van der Waals surface area (Å²) in [7, 11) is 0. The number of thiophene rings is 1. The Bertz CT molecular complexity index is 1050. The van der Waals surface area contributed by atoms with Crippen LogP contribution in [0.5, 0.6) is 0 Å². The van der Waals surface area contributed by atoms with Crippen molar-refractivity contribution in [3.05, 3.63) is 46.4 Å². The number of fused-ring (bicyclic) bond motifs is 3. The van der Waals surface area contributed by atoms with Crippen LogP contribution in [0.15, 0.2) is 46.4 Å². The SMILES string of the molecule is Brc1ccc(-c2cn3c4ccccc4n(CCN4CCCCC4)c3n2)s1. The highest BCUT2D eigenvalue weighted by atomic mass is 79.9. The molecule has 1 aliphatic heterocycles. The minimum atomic E-state index is 0.988. The third-order valence-corrected chi connectivity index (χ3v) is 6.92. The number of hydrogen-bond acceptors (Lipinski definition) is 3. The summed E-state index contributed by atoms with van der Waals surface area (Å²) in [5.41, 5.74) is 3.55. The number of likely N-dealkylation sites (tertiary alicyclic amines) is 1. The maximum absolute atomic E-state index is 4.99. The molecule has 4 nitrogen and oxygen atoms in total. The number of nitrogens with zero attached hydrogens (tertiary/aromatic N) is 4. The first-order chi connectivity index (χ1) is 12.8. The van der Waals surface area contributed by atoms with Crippen molar-refractivity contribution in [1.82, 2.24) is 18.9 Å². The van der Waals surface area contributed by atoms with E-state index < -0.39 is 0 Å². The lowest BCUT2D eigenvalue weighted by Crippen LogP contribution is -2.32. The van der Waals surface area contributed by atoms with Crippen LogP contribution in [0, 0.1) is 0 Å². The van der Waals surface area contributed by atoms with Gasteiger partial charge in [0.15, 0.2) is 0 Å². The van der Waals surface area contributed by atoms with Gasteiger partial charge < -0.3 is 9.47 Å². The Morgan fingerprint density at radius 2 is 1.77 bits per heavy atom. The van der Waals surface area contributed by atoms with Gasteiger partial charge in [0.05, 0.1) is 19.7 Å². The van der Waals surface area contributed by atoms with Crippen LogP contribution >= 0.6 is 27.3 Å². The van der Waals surface area contributed by atoms with Crippen LogP contribution in [-0.4, -0.2) is 38.5 Å². The zero-order chi connectivity index (χ0) is 17.5. The Morgan fingerprint density at radius 3 is 2.54 bits per heavy atom. The first-order valence-electron chi connectivity index (χ1n) is 9.24. The number of benzene rings is 1. The number of halogens is 1. The van der Waals surface area contributed by atoms with Crippen molar-refractivity contribution in [2.75, 3.05) is 19.6 Å². The van der Waals surface area contributed by atoms with E-state index in [2.05, 4.69) is 72.4 Å². The molecule has 4 heterocycles. The second-order valence-corrected chi connectivity index (χ2v) is 9.41. The minimum absolute atomic E-state index is 0.988. The third kappa shape index (κ3) is 2.90. The van der Waals surface area contributed by atoms with Crippen molar-refractivity contribution in [3.8, 4) is 10.6 Å². The number of hydrogen-bond donors (Lipinski definition) is 0. The lowest BCUT2D eigenvalue weighted by molar-refractivity contribution is 0.222. The maximum Gasteiger partial charge on any atom is 0.215 e. The molecular weight excluding hydrogens is 408 g/mol.